The monoisotopic (exact) mass is 370 g/mol. The third kappa shape index (κ3) is 4.34. The van der Waals surface area contributed by atoms with Gasteiger partial charge in [0, 0.05) is 11.8 Å². The molecule has 3 aromatic rings. The Balaban J connectivity index is 1.75. The molecule has 3 N–H and O–H groups in total. The number of nitrogens with one attached hydrogen (secondary N) is 1. The predicted molar refractivity (Wildman–Crippen MR) is 100 cm³/mol. The number of hydrogen-bond acceptors (Lipinski definition) is 6. The van der Waals surface area contributed by atoms with E-state index in [1.165, 1.54) is 6.07 Å². The van der Waals surface area contributed by atoms with Gasteiger partial charge in [-0.3, -0.25) is 14.2 Å². The molecule has 2 heterocycles. The van der Waals surface area contributed by atoms with Crippen LogP contribution >= 0.6 is 11.8 Å². The topological polar surface area (TPSA) is 103 Å². The molecule has 0 atom stereocenters. The van der Waals surface area contributed by atoms with Gasteiger partial charge in [-0.25, -0.2) is 0 Å². The standard InChI is InChI=1S/C18H18N4O3S/c1-12-4-6-13(7-5-12)22-15(19)9-16(23)21-18(22)26-11-17(24)20-10-14-3-2-8-25-14/h2-9H,10-11,19H2,1H3,(H,20,24). The number of rotatable bonds is 6. The Hall–Kier alpha value is -3.00. The van der Waals surface area contributed by atoms with Gasteiger partial charge < -0.3 is 15.5 Å². The highest BCUT2D eigenvalue weighted by Crippen LogP contribution is 2.22. The van der Waals surface area contributed by atoms with Crippen molar-refractivity contribution in [3.05, 3.63) is 70.4 Å². The summed E-state index contributed by atoms with van der Waals surface area (Å²) < 4.78 is 6.83. The summed E-state index contributed by atoms with van der Waals surface area (Å²) in [5, 5.41) is 3.12. The van der Waals surface area contributed by atoms with E-state index in [9.17, 15) is 9.59 Å². The van der Waals surface area contributed by atoms with Gasteiger partial charge in [-0.1, -0.05) is 29.5 Å². The Bertz CT molecular complexity index is 950. The Labute approximate surface area is 154 Å². The fourth-order valence-corrected chi connectivity index (χ4v) is 3.16. The maximum absolute atomic E-state index is 12.1. The van der Waals surface area contributed by atoms with E-state index >= 15 is 0 Å². The van der Waals surface area contributed by atoms with Crippen LogP contribution in [0.2, 0.25) is 0 Å². The van der Waals surface area contributed by atoms with Gasteiger partial charge in [0.05, 0.1) is 18.6 Å². The van der Waals surface area contributed by atoms with Crippen LogP contribution in [0, 0.1) is 6.92 Å². The minimum atomic E-state index is -0.440. The van der Waals surface area contributed by atoms with E-state index in [-0.39, 0.29) is 17.5 Å². The first-order valence-electron chi connectivity index (χ1n) is 7.91. The molecule has 3 rings (SSSR count). The van der Waals surface area contributed by atoms with Crippen LogP contribution in [0.4, 0.5) is 5.82 Å². The second-order valence-electron chi connectivity index (χ2n) is 5.62. The second-order valence-corrected chi connectivity index (χ2v) is 6.56. The summed E-state index contributed by atoms with van der Waals surface area (Å²) in [4.78, 5) is 27.8. The summed E-state index contributed by atoms with van der Waals surface area (Å²) in [6.45, 7) is 2.29. The van der Waals surface area contributed by atoms with Gasteiger partial charge in [-0.2, -0.15) is 4.98 Å². The minimum Gasteiger partial charge on any atom is -0.467 e. The highest BCUT2D eigenvalue weighted by Gasteiger charge is 2.12. The number of furan rings is 1. The number of benzene rings is 1. The molecular formula is C18H18N4O3S. The van der Waals surface area contributed by atoms with E-state index in [2.05, 4.69) is 10.3 Å². The van der Waals surface area contributed by atoms with E-state index in [1.807, 2.05) is 31.2 Å². The van der Waals surface area contributed by atoms with Crippen LogP contribution in [-0.2, 0) is 11.3 Å². The summed E-state index contributed by atoms with van der Waals surface area (Å²) in [7, 11) is 0. The Morgan fingerprint density at radius 3 is 2.77 bits per heavy atom. The molecule has 0 fully saturated rings. The first-order chi connectivity index (χ1) is 12.5. The largest absolute Gasteiger partial charge is 0.467 e. The maximum Gasteiger partial charge on any atom is 0.275 e. The summed E-state index contributed by atoms with van der Waals surface area (Å²) in [6.07, 6.45) is 1.55. The molecule has 0 aliphatic carbocycles. The molecule has 0 bridgehead atoms. The number of nitrogen functional groups attached to an aromatic ring is 1. The number of nitrogens with two attached hydrogens (primary N) is 1. The molecule has 0 saturated carbocycles. The lowest BCUT2D eigenvalue weighted by molar-refractivity contribution is -0.118. The first kappa shape index (κ1) is 17.8. The van der Waals surface area contributed by atoms with Crippen LogP contribution in [0.25, 0.3) is 5.69 Å². The van der Waals surface area contributed by atoms with Crippen LogP contribution in [-0.4, -0.2) is 21.2 Å². The molecular weight excluding hydrogens is 352 g/mol. The van der Waals surface area contributed by atoms with Gasteiger partial charge in [0.15, 0.2) is 5.16 Å². The van der Waals surface area contributed by atoms with Gasteiger partial charge in [-0.05, 0) is 31.2 Å². The Morgan fingerprint density at radius 2 is 2.08 bits per heavy atom. The molecule has 7 nitrogen and oxygen atoms in total. The summed E-state index contributed by atoms with van der Waals surface area (Å²) >= 11 is 1.15. The van der Waals surface area contributed by atoms with Crippen molar-refractivity contribution in [3.8, 4) is 5.69 Å². The zero-order valence-corrected chi connectivity index (χ0v) is 15.0. The van der Waals surface area contributed by atoms with Gasteiger partial charge in [0.2, 0.25) is 5.91 Å². The fraction of sp³-hybridized carbons (Fsp3) is 0.167. The summed E-state index contributed by atoms with van der Waals surface area (Å²) in [5.41, 5.74) is 7.46. The number of nitrogens with zero attached hydrogens (tertiary/aromatic N) is 2. The van der Waals surface area contributed by atoms with Crippen molar-refractivity contribution in [3.63, 3.8) is 0 Å². The average Bonchev–Trinajstić information content (AvgIpc) is 3.12. The summed E-state index contributed by atoms with van der Waals surface area (Å²) in [5.74, 6) is 0.843. The molecule has 0 aliphatic heterocycles. The number of hydrogen-bond donors (Lipinski definition) is 2. The second kappa shape index (κ2) is 7.92. The number of carbonyl (C=O) groups excluding carboxylic acids is 1. The smallest absolute Gasteiger partial charge is 0.275 e. The highest BCUT2D eigenvalue weighted by molar-refractivity contribution is 7.99. The first-order valence-corrected chi connectivity index (χ1v) is 8.90. The fourth-order valence-electron chi connectivity index (χ4n) is 2.31. The molecule has 1 amide bonds. The predicted octanol–water partition coefficient (Wildman–Crippen LogP) is 2.12. The van der Waals surface area contributed by atoms with Gasteiger partial charge in [-0.15, -0.1) is 0 Å². The van der Waals surface area contributed by atoms with Gasteiger partial charge in [0.25, 0.3) is 5.56 Å². The van der Waals surface area contributed by atoms with Crippen molar-refractivity contribution < 1.29 is 9.21 Å². The molecule has 26 heavy (non-hydrogen) atoms. The molecule has 2 aromatic heterocycles. The number of anilines is 1. The number of aromatic nitrogens is 2. The maximum atomic E-state index is 12.1. The van der Waals surface area contributed by atoms with Gasteiger partial charge in [0.1, 0.15) is 11.6 Å². The van der Waals surface area contributed by atoms with E-state index in [0.717, 1.165) is 23.0 Å². The summed E-state index contributed by atoms with van der Waals surface area (Å²) in [6, 6.07) is 12.5. The average molecular weight is 370 g/mol. The van der Waals surface area contributed by atoms with E-state index < -0.39 is 5.56 Å². The SMILES string of the molecule is Cc1ccc(-n2c(N)cc(=O)nc2SCC(=O)NCc2ccco2)cc1. The zero-order valence-electron chi connectivity index (χ0n) is 14.1. The normalized spacial score (nSPS) is 10.7. The molecule has 134 valence electrons. The number of carbonyl (C=O) groups is 1. The highest BCUT2D eigenvalue weighted by atomic mass is 32.2. The molecule has 0 saturated heterocycles. The number of thioether (sulfide) groups is 1. The molecule has 0 unspecified atom stereocenters. The van der Waals surface area contributed by atoms with Crippen LogP contribution < -0.4 is 16.6 Å². The van der Waals surface area contributed by atoms with Crippen LogP contribution in [0.1, 0.15) is 11.3 Å². The Morgan fingerprint density at radius 1 is 1.31 bits per heavy atom. The van der Waals surface area contributed by atoms with Crippen LogP contribution in [0.3, 0.4) is 0 Å². The molecule has 8 heteroatoms. The quantitative estimate of drug-likeness (QED) is 0.509. The lowest BCUT2D eigenvalue weighted by atomic mass is 10.2. The van der Waals surface area contributed by atoms with E-state index in [0.29, 0.717) is 17.5 Å². The Kier molecular flexibility index (Phi) is 5.43. The van der Waals surface area contributed by atoms with Crippen molar-refractivity contribution in [2.75, 3.05) is 11.5 Å². The lowest BCUT2D eigenvalue weighted by Gasteiger charge is -2.14. The minimum absolute atomic E-state index is 0.0997. The number of aryl methyl sites for hydroxylation is 1. The van der Waals surface area contributed by atoms with Crippen molar-refractivity contribution in [1.29, 1.82) is 0 Å². The van der Waals surface area contributed by atoms with Crippen LogP contribution in [0.5, 0.6) is 0 Å². The number of amides is 1. The third-order valence-electron chi connectivity index (χ3n) is 3.59. The van der Waals surface area contributed by atoms with Crippen molar-refractivity contribution in [1.82, 2.24) is 14.9 Å². The van der Waals surface area contributed by atoms with Crippen molar-refractivity contribution in [2.45, 2.75) is 18.6 Å². The van der Waals surface area contributed by atoms with E-state index in [1.54, 1.807) is 23.0 Å². The third-order valence-corrected chi connectivity index (χ3v) is 4.53. The van der Waals surface area contributed by atoms with Crippen LogP contribution in [0.15, 0.2) is 63.1 Å². The van der Waals surface area contributed by atoms with Crippen molar-refractivity contribution in [2.24, 2.45) is 0 Å². The lowest BCUT2D eigenvalue weighted by Crippen LogP contribution is -2.25. The van der Waals surface area contributed by atoms with Gasteiger partial charge >= 0.3 is 0 Å². The zero-order chi connectivity index (χ0) is 18.5. The van der Waals surface area contributed by atoms with E-state index in [4.69, 9.17) is 10.2 Å². The molecule has 1 aromatic carbocycles. The molecule has 0 radical (unpaired) electrons. The van der Waals surface area contributed by atoms with Crippen molar-refractivity contribution >= 4 is 23.5 Å². The molecule has 0 aliphatic rings. The molecule has 0 spiro atoms.